The molecule has 0 aromatic heterocycles. The molecule has 1 aliphatic rings. The van der Waals surface area contributed by atoms with E-state index in [0.29, 0.717) is 24.5 Å². The Bertz CT molecular complexity index is 654. The average molecular weight is 283 g/mol. The lowest BCUT2D eigenvalue weighted by molar-refractivity contribution is -0.118. The van der Waals surface area contributed by atoms with E-state index in [4.69, 9.17) is 9.47 Å². The van der Waals surface area contributed by atoms with Crippen molar-refractivity contribution in [3.63, 3.8) is 0 Å². The summed E-state index contributed by atoms with van der Waals surface area (Å²) in [6.45, 7) is 0.557. The van der Waals surface area contributed by atoms with E-state index in [1.54, 1.807) is 7.11 Å². The summed E-state index contributed by atoms with van der Waals surface area (Å²) in [5.74, 6) is 1.23. The maximum absolute atomic E-state index is 12.6. The van der Waals surface area contributed by atoms with Crippen LogP contribution in [0.25, 0.3) is 0 Å². The maximum Gasteiger partial charge on any atom is 0.232 e. The van der Waals surface area contributed by atoms with Gasteiger partial charge in [0.05, 0.1) is 25.3 Å². The molecular weight excluding hydrogens is 266 g/mol. The van der Waals surface area contributed by atoms with Crippen LogP contribution in [0.15, 0.2) is 48.5 Å². The monoisotopic (exact) mass is 283 g/mol. The Morgan fingerprint density at radius 3 is 2.81 bits per heavy atom. The lowest BCUT2D eigenvalue weighted by Crippen LogP contribution is -2.26. The highest BCUT2D eigenvalue weighted by atomic mass is 16.5. The molecule has 0 radical (unpaired) electrons. The Hall–Kier alpha value is -2.49. The fourth-order valence-corrected chi connectivity index (χ4v) is 2.58. The smallest absolute Gasteiger partial charge is 0.232 e. The number of hydrogen-bond donors (Lipinski definition) is 1. The molecule has 2 aromatic carbocycles. The van der Waals surface area contributed by atoms with Crippen molar-refractivity contribution in [3.8, 4) is 11.5 Å². The summed E-state index contributed by atoms with van der Waals surface area (Å²) in [6, 6.07) is 15.1. The number of rotatable bonds is 3. The quantitative estimate of drug-likeness (QED) is 0.941. The third-order valence-electron chi connectivity index (χ3n) is 3.64. The normalized spacial score (nSPS) is 16.5. The molecule has 1 N–H and O–H groups in total. The van der Waals surface area contributed by atoms with Crippen molar-refractivity contribution in [1.29, 1.82) is 0 Å². The second-order valence-electron chi connectivity index (χ2n) is 4.92. The van der Waals surface area contributed by atoms with Crippen LogP contribution in [0.3, 0.4) is 0 Å². The van der Waals surface area contributed by atoms with Crippen molar-refractivity contribution < 1.29 is 14.3 Å². The first kappa shape index (κ1) is 13.5. The summed E-state index contributed by atoms with van der Waals surface area (Å²) in [6.07, 6.45) is 0.679. The Balaban J connectivity index is 1.84. The zero-order valence-corrected chi connectivity index (χ0v) is 11.8. The molecule has 2 aromatic rings. The van der Waals surface area contributed by atoms with Crippen molar-refractivity contribution in [2.75, 3.05) is 19.0 Å². The summed E-state index contributed by atoms with van der Waals surface area (Å²) in [5.41, 5.74) is 1.63. The number of nitrogens with one attached hydrogen (secondary N) is 1. The lowest BCUT2D eigenvalue weighted by Gasteiger charge is -2.25. The van der Waals surface area contributed by atoms with Gasteiger partial charge in [-0.2, -0.15) is 0 Å². The van der Waals surface area contributed by atoms with Gasteiger partial charge in [0.15, 0.2) is 0 Å². The molecular formula is C17H17NO3. The minimum absolute atomic E-state index is 0.0322. The number of fused-ring (bicyclic) bond motifs is 1. The van der Waals surface area contributed by atoms with Crippen LogP contribution in [0.5, 0.6) is 11.5 Å². The van der Waals surface area contributed by atoms with Gasteiger partial charge in [-0.3, -0.25) is 4.79 Å². The van der Waals surface area contributed by atoms with Crippen LogP contribution >= 0.6 is 0 Å². The highest BCUT2D eigenvalue weighted by Gasteiger charge is 2.27. The minimum Gasteiger partial charge on any atom is -0.495 e. The van der Waals surface area contributed by atoms with Crippen LogP contribution in [-0.2, 0) is 4.79 Å². The van der Waals surface area contributed by atoms with E-state index in [9.17, 15) is 4.79 Å². The molecule has 0 bridgehead atoms. The van der Waals surface area contributed by atoms with Gasteiger partial charge in [0, 0.05) is 5.56 Å². The van der Waals surface area contributed by atoms with Crippen LogP contribution in [0, 0.1) is 0 Å². The molecule has 1 unspecified atom stereocenters. The third-order valence-corrected chi connectivity index (χ3v) is 3.64. The number of hydrogen-bond acceptors (Lipinski definition) is 3. The maximum atomic E-state index is 12.6. The van der Waals surface area contributed by atoms with Crippen LogP contribution in [0.1, 0.15) is 17.9 Å². The van der Waals surface area contributed by atoms with Crippen LogP contribution < -0.4 is 14.8 Å². The van der Waals surface area contributed by atoms with Crippen molar-refractivity contribution >= 4 is 11.6 Å². The van der Waals surface area contributed by atoms with E-state index < -0.39 is 0 Å². The van der Waals surface area contributed by atoms with Gasteiger partial charge in [0.1, 0.15) is 11.5 Å². The molecule has 21 heavy (non-hydrogen) atoms. The lowest BCUT2D eigenvalue weighted by atomic mass is 9.92. The first-order valence-corrected chi connectivity index (χ1v) is 6.95. The molecule has 3 rings (SSSR count). The molecule has 0 spiro atoms. The molecule has 0 saturated carbocycles. The number of carbonyl (C=O) groups excluding carboxylic acids is 1. The summed E-state index contributed by atoms with van der Waals surface area (Å²) in [7, 11) is 1.59. The first-order valence-electron chi connectivity index (χ1n) is 6.95. The zero-order chi connectivity index (χ0) is 14.7. The minimum atomic E-state index is -0.195. The predicted molar refractivity (Wildman–Crippen MR) is 80.9 cm³/mol. The standard InChI is InChI=1S/C17H17NO3/c1-20-16-9-5-3-7-14(16)18-17(19)13-10-11-21-15-8-4-2-6-12(13)15/h2-9,13H,10-11H2,1H3,(H,18,19). The number of anilines is 1. The molecule has 1 aliphatic heterocycles. The molecule has 1 heterocycles. The fraction of sp³-hybridized carbons (Fsp3) is 0.235. The van der Waals surface area contributed by atoms with Gasteiger partial charge >= 0.3 is 0 Å². The Kier molecular flexibility index (Phi) is 3.77. The average Bonchev–Trinajstić information content (AvgIpc) is 2.54. The van der Waals surface area contributed by atoms with Crippen molar-refractivity contribution in [2.45, 2.75) is 12.3 Å². The van der Waals surface area contributed by atoms with Gasteiger partial charge in [-0.1, -0.05) is 30.3 Å². The Morgan fingerprint density at radius 1 is 1.19 bits per heavy atom. The first-order chi connectivity index (χ1) is 10.3. The van der Waals surface area contributed by atoms with Gasteiger partial charge in [-0.15, -0.1) is 0 Å². The predicted octanol–water partition coefficient (Wildman–Crippen LogP) is 3.20. The van der Waals surface area contributed by atoms with Gasteiger partial charge < -0.3 is 14.8 Å². The zero-order valence-electron chi connectivity index (χ0n) is 11.8. The van der Waals surface area contributed by atoms with Gasteiger partial charge in [-0.25, -0.2) is 0 Å². The van der Waals surface area contributed by atoms with Crippen LogP contribution in [-0.4, -0.2) is 19.6 Å². The highest BCUT2D eigenvalue weighted by molar-refractivity contribution is 5.97. The molecule has 4 nitrogen and oxygen atoms in total. The second kappa shape index (κ2) is 5.87. The summed E-state index contributed by atoms with van der Waals surface area (Å²) < 4.78 is 10.9. The van der Waals surface area contributed by atoms with E-state index >= 15 is 0 Å². The number of benzene rings is 2. The van der Waals surface area contributed by atoms with Crippen molar-refractivity contribution in [3.05, 3.63) is 54.1 Å². The number of ether oxygens (including phenoxy) is 2. The molecule has 0 aliphatic carbocycles. The van der Waals surface area contributed by atoms with Crippen LogP contribution in [0.2, 0.25) is 0 Å². The number of carbonyl (C=O) groups is 1. The largest absolute Gasteiger partial charge is 0.495 e. The Morgan fingerprint density at radius 2 is 1.95 bits per heavy atom. The fourth-order valence-electron chi connectivity index (χ4n) is 2.58. The number of para-hydroxylation sites is 3. The van der Waals surface area contributed by atoms with Gasteiger partial charge in [-0.05, 0) is 24.6 Å². The summed E-state index contributed by atoms with van der Waals surface area (Å²) >= 11 is 0. The van der Waals surface area contributed by atoms with E-state index in [-0.39, 0.29) is 11.8 Å². The van der Waals surface area contributed by atoms with Gasteiger partial charge in [0.25, 0.3) is 0 Å². The van der Waals surface area contributed by atoms with E-state index in [2.05, 4.69) is 5.32 Å². The van der Waals surface area contributed by atoms with Crippen molar-refractivity contribution in [2.24, 2.45) is 0 Å². The number of methoxy groups -OCH3 is 1. The van der Waals surface area contributed by atoms with Crippen LogP contribution in [0.4, 0.5) is 5.69 Å². The van der Waals surface area contributed by atoms with E-state index in [0.717, 1.165) is 11.3 Å². The highest BCUT2D eigenvalue weighted by Crippen LogP contribution is 2.34. The summed E-state index contributed by atoms with van der Waals surface area (Å²) in [5, 5.41) is 2.95. The van der Waals surface area contributed by atoms with Crippen molar-refractivity contribution in [1.82, 2.24) is 0 Å². The molecule has 1 amide bonds. The van der Waals surface area contributed by atoms with E-state index in [1.807, 2.05) is 48.5 Å². The third kappa shape index (κ3) is 2.70. The molecule has 1 atom stereocenters. The summed E-state index contributed by atoms with van der Waals surface area (Å²) in [4.78, 5) is 12.6. The number of amides is 1. The topological polar surface area (TPSA) is 47.6 Å². The molecule has 108 valence electrons. The SMILES string of the molecule is COc1ccccc1NC(=O)C1CCOc2ccccc21. The molecule has 0 saturated heterocycles. The van der Waals surface area contributed by atoms with Gasteiger partial charge in [0.2, 0.25) is 5.91 Å². The second-order valence-corrected chi connectivity index (χ2v) is 4.92. The molecule has 0 fully saturated rings. The Labute approximate surface area is 123 Å². The van der Waals surface area contributed by atoms with E-state index in [1.165, 1.54) is 0 Å². The molecule has 4 heteroatoms.